The van der Waals surface area contributed by atoms with Gasteiger partial charge in [0, 0.05) is 39.8 Å². The first-order chi connectivity index (χ1) is 6.33. The summed E-state index contributed by atoms with van der Waals surface area (Å²) in [5.41, 5.74) is -1.00. The second kappa shape index (κ2) is 7.76. The third-order valence-electron chi connectivity index (χ3n) is 1.73. The van der Waals surface area contributed by atoms with Crippen LogP contribution >= 0.6 is 0 Å². The Morgan fingerprint density at radius 2 is 1.53 bits per heavy atom. The topological polar surface area (TPSA) is 38.7 Å². The van der Waals surface area contributed by atoms with Crippen LogP contribution in [0.3, 0.4) is 0 Å². The van der Waals surface area contributed by atoms with E-state index in [-0.39, 0.29) is 39.3 Å². The Labute approximate surface area is 118 Å². The molecule has 0 unspecified atom stereocenters. The first-order valence-corrected chi connectivity index (χ1v) is 4.67. The van der Waals surface area contributed by atoms with Gasteiger partial charge in [-0.1, -0.05) is 11.8 Å². The molecule has 4 heteroatoms. The van der Waals surface area contributed by atoms with Crippen LogP contribution in [0.1, 0.15) is 27.7 Å². The number of aliphatic hydroxyl groups is 1. The summed E-state index contributed by atoms with van der Waals surface area (Å²) < 4.78 is 10.5. The summed E-state index contributed by atoms with van der Waals surface area (Å²) in [6.07, 6.45) is 0. The van der Waals surface area contributed by atoms with Crippen molar-refractivity contribution in [3.8, 4) is 11.8 Å². The third kappa shape index (κ3) is 9.47. The van der Waals surface area contributed by atoms with Gasteiger partial charge in [-0.05, 0) is 27.7 Å². The van der Waals surface area contributed by atoms with E-state index in [4.69, 9.17) is 14.6 Å². The number of rotatable bonds is 4. The van der Waals surface area contributed by atoms with E-state index in [9.17, 15) is 0 Å². The molecule has 0 fully saturated rings. The van der Waals surface area contributed by atoms with E-state index in [0.717, 1.165) is 0 Å². The molecule has 15 heavy (non-hydrogen) atoms. The predicted molar refractivity (Wildman–Crippen MR) is 56.0 cm³/mol. The molecule has 0 saturated carbocycles. The molecule has 1 N–H and O–H groups in total. The predicted octanol–water partition coefficient (Wildman–Crippen LogP) is 1.20. The van der Waals surface area contributed by atoms with E-state index in [2.05, 4.69) is 11.8 Å². The second-order valence-corrected chi connectivity index (χ2v) is 4.05. The van der Waals surface area contributed by atoms with Crippen molar-refractivity contribution in [3.63, 3.8) is 0 Å². The monoisotopic (exact) mass is 289 g/mol. The van der Waals surface area contributed by atoms with Crippen LogP contribution in [0.5, 0.6) is 0 Å². The number of ether oxygens (including phenoxy) is 2. The third-order valence-corrected chi connectivity index (χ3v) is 1.73. The zero-order valence-corrected chi connectivity index (χ0v) is 13.1. The van der Waals surface area contributed by atoms with Gasteiger partial charge in [0.2, 0.25) is 0 Å². The molecule has 0 bridgehead atoms. The molecular weight excluding hydrogens is 269 g/mol. The van der Waals surface area contributed by atoms with Gasteiger partial charge in [-0.15, -0.1) is 0 Å². The molecule has 1 radical (unpaired) electrons. The fourth-order valence-electron chi connectivity index (χ4n) is 0.689. The van der Waals surface area contributed by atoms with Crippen molar-refractivity contribution >= 4 is 0 Å². The molecule has 0 rings (SSSR count). The molecule has 0 spiro atoms. The average molecular weight is 289 g/mol. The fraction of sp³-hybridized carbons (Fsp3) is 0.818. The Hall–Kier alpha value is 0.544. The summed E-state index contributed by atoms with van der Waals surface area (Å²) in [4.78, 5) is 0. The minimum Gasteiger partial charge on any atom is -0.394 e. The van der Waals surface area contributed by atoms with Crippen LogP contribution in [0.4, 0.5) is 0 Å². The smallest absolute Gasteiger partial charge is 0.123 e. The Morgan fingerprint density at radius 1 is 1.07 bits per heavy atom. The quantitative estimate of drug-likeness (QED) is 0.790. The SMILES string of the molecule is COC(C)(C)C#CC(C)(C)OCCO.[Y]. The molecule has 0 aliphatic carbocycles. The minimum absolute atomic E-state index is 0. The normalized spacial score (nSPS) is 11.3. The van der Waals surface area contributed by atoms with Gasteiger partial charge in [0.05, 0.1) is 13.2 Å². The molecule has 0 aliphatic rings. The van der Waals surface area contributed by atoms with Crippen LogP contribution in [0, 0.1) is 11.8 Å². The van der Waals surface area contributed by atoms with Crippen molar-refractivity contribution in [3.05, 3.63) is 0 Å². The van der Waals surface area contributed by atoms with E-state index in [1.807, 2.05) is 27.7 Å². The van der Waals surface area contributed by atoms with Gasteiger partial charge in [-0.25, -0.2) is 0 Å². The molecule has 0 amide bonds. The first kappa shape index (κ1) is 17.9. The second-order valence-electron chi connectivity index (χ2n) is 4.05. The van der Waals surface area contributed by atoms with E-state index < -0.39 is 11.2 Å². The van der Waals surface area contributed by atoms with Crippen molar-refractivity contribution in [2.24, 2.45) is 0 Å². The average Bonchev–Trinajstić information content (AvgIpc) is 2.12. The number of aliphatic hydroxyl groups excluding tert-OH is 1. The molecule has 85 valence electrons. The summed E-state index contributed by atoms with van der Waals surface area (Å²) in [6, 6.07) is 0. The minimum atomic E-state index is -0.543. The molecule has 0 aromatic carbocycles. The van der Waals surface area contributed by atoms with Gasteiger partial charge < -0.3 is 14.6 Å². The molecule has 0 saturated heterocycles. The van der Waals surface area contributed by atoms with Crippen LogP contribution in [0.2, 0.25) is 0 Å². The van der Waals surface area contributed by atoms with Crippen molar-refractivity contribution in [1.82, 2.24) is 0 Å². The Morgan fingerprint density at radius 3 is 1.93 bits per heavy atom. The molecule has 0 aromatic rings. The number of hydrogen-bond acceptors (Lipinski definition) is 3. The summed E-state index contributed by atoms with van der Waals surface area (Å²) in [5.74, 6) is 5.96. The van der Waals surface area contributed by atoms with Gasteiger partial charge >= 0.3 is 0 Å². The molecule has 3 nitrogen and oxygen atoms in total. The van der Waals surface area contributed by atoms with E-state index in [1.54, 1.807) is 7.11 Å². The van der Waals surface area contributed by atoms with E-state index in [1.165, 1.54) is 0 Å². The molecule has 0 aliphatic heterocycles. The fourth-order valence-corrected chi connectivity index (χ4v) is 0.689. The zero-order valence-electron chi connectivity index (χ0n) is 10.3. The van der Waals surface area contributed by atoms with Gasteiger partial charge in [-0.3, -0.25) is 0 Å². The van der Waals surface area contributed by atoms with Crippen molar-refractivity contribution in [2.45, 2.75) is 38.9 Å². The standard InChI is InChI=1S/C11H20O3.Y/c1-10(2,13-5)6-7-11(3,4)14-9-8-12;/h12H,8-9H2,1-5H3;. The van der Waals surface area contributed by atoms with Crippen LogP contribution in [0.25, 0.3) is 0 Å². The van der Waals surface area contributed by atoms with E-state index in [0.29, 0.717) is 6.61 Å². The molecule has 0 atom stereocenters. The van der Waals surface area contributed by atoms with Gasteiger partial charge in [0.25, 0.3) is 0 Å². The van der Waals surface area contributed by atoms with Crippen LogP contribution < -0.4 is 0 Å². The van der Waals surface area contributed by atoms with Crippen molar-refractivity contribution in [2.75, 3.05) is 20.3 Å². The summed E-state index contributed by atoms with van der Waals surface area (Å²) >= 11 is 0. The maximum absolute atomic E-state index is 8.61. The number of hydrogen-bond donors (Lipinski definition) is 1. The Bertz CT molecular complexity index is 226. The largest absolute Gasteiger partial charge is 0.394 e. The first-order valence-electron chi connectivity index (χ1n) is 4.67. The van der Waals surface area contributed by atoms with Crippen molar-refractivity contribution < 1.29 is 47.3 Å². The van der Waals surface area contributed by atoms with Crippen molar-refractivity contribution in [1.29, 1.82) is 0 Å². The van der Waals surface area contributed by atoms with Gasteiger partial charge in [-0.2, -0.15) is 0 Å². The molecule has 0 heterocycles. The molecular formula is C11H20O3Y. The van der Waals surface area contributed by atoms with Gasteiger partial charge in [0.15, 0.2) is 0 Å². The maximum Gasteiger partial charge on any atom is 0.123 e. The van der Waals surface area contributed by atoms with E-state index >= 15 is 0 Å². The summed E-state index contributed by atoms with van der Waals surface area (Å²) in [5, 5.41) is 8.61. The maximum atomic E-state index is 8.61. The summed E-state index contributed by atoms with van der Waals surface area (Å²) in [6.45, 7) is 7.82. The van der Waals surface area contributed by atoms with Crippen LogP contribution in [0.15, 0.2) is 0 Å². The zero-order chi connectivity index (χ0) is 11.2. The number of methoxy groups -OCH3 is 1. The Kier molecular flexibility index (Phi) is 9.27. The summed E-state index contributed by atoms with van der Waals surface area (Å²) in [7, 11) is 1.62. The Balaban J connectivity index is 0. The van der Waals surface area contributed by atoms with Gasteiger partial charge in [0.1, 0.15) is 11.2 Å². The van der Waals surface area contributed by atoms with Crippen LogP contribution in [-0.2, 0) is 42.2 Å². The molecule has 0 aromatic heterocycles. The van der Waals surface area contributed by atoms with Crippen LogP contribution in [-0.4, -0.2) is 36.6 Å².